The van der Waals surface area contributed by atoms with Crippen molar-refractivity contribution in [2.45, 2.75) is 137 Å². The number of esters is 3. The van der Waals surface area contributed by atoms with E-state index in [2.05, 4.69) is 72.7 Å². The molecule has 0 spiro atoms. The van der Waals surface area contributed by atoms with Gasteiger partial charge in [-0.2, -0.15) is 0 Å². The zero-order valence-corrected chi connectivity index (χ0v) is 53.3. The summed E-state index contributed by atoms with van der Waals surface area (Å²) in [7, 11) is 0. The van der Waals surface area contributed by atoms with Crippen LogP contribution >= 0.6 is 71.8 Å². The smallest absolute Gasteiger partial charge is 0.309 e. The third-order valence-corrected chi connectivity index (χ3v) is 13.4. The maximum Gasteiger partial charge on any atom is 0.309 e. The molecule has 8 rings (SSSR count). The van der Waals surface area contributed by atoms with Gasteiger partial charge in [-0.15, -0.1) is 12.4 Å². The predicted octanol–water partition coefficient (Wildman–Crippen LogP) is 15.4. The van der Waals surface area contributed by atoms with Crippen LogP contribution in [0.15, 0.2) is 81.5 Å². The Labute approximate surface area is 511 Å². The van der Waals surface area contributed by atoms with E-state index in [0.717, 1.165) is 43.8 Å². The van der Waals surface area contributed by atoms with Crippen LogP contribution < -0.4 is 15.5 Å². The zero-order valence-electron chi connectivity index (χ0n) is 47.0. The van der Waals surface area contributed by atoms with Crippen LogP contribution in [0, 0.1) is 58.5 Å². The number of carbonyl (C=O) groups is 3. The molecule has 5 aromatic heterocycles. The van der Waals surface area contributed by atoms with Crippen molar-refractivity contribution in [2.75, 3.05) is 41.7 Å². The fourth-order valence-corrected chi connectivity index (χ4v) is 9.13. The summed E-state index contributed by atoms with van der Waals surface area (Å²) >= 11 is 14.2. The number of nitrogens with two attached hydrogens (primary N) is 1. The number of halogens is 12. The second-order valence-corrected chi connectivity index (χ2v) is 24.6. The van der Waals surface area contributed by atoms with Crippen molar-refractivity contribution in [3.8, 4) is 0 Å². The van der Waals surface area contributed by atoms with E-state index in [1.807, 2.05) is 72.1 Å². The molecule has 14 nitrogen and oxygen atoms in total. The summed E-state index contributed by atoms with van der Waals surface area (Å²) in [6.07, 6.45) is 20.1. The molecular formula is C56H70Br3Cl2F7N8O6. The molecule has 2 saturated heterocycles. The SMILES string of the molecule is CC(C)(C)OC(=O)C1CCCCC1.CC(C)(C)OC(=O)C1CCN(c2c(F)cncc2Br)CC1.CC(C)(C)OC(=O)C1CCN(c2c(N)cncc2F)CC1.Cl.Fc1cncc(Br)c1.Fc1cncc(Br)c1F.Fc1cncc(F)c1Cl. The fourth-order valence-electron chi connectivity index (χ4n) is 7.83. The third kappa shape index (κ3) is 26.8. The van der Waals surface area contributed by atoms with Crippen molar-refractivity contribution < 1.29 is 59.3 Å². The minimum absolute atomic E-state index is 0. The molecule has 0 atom stereocenters. The van der Waals surface area contributed by atoms with Gasteiger partial charge in [0.25, 0.3) is 0 Å². The van der Waals surface area contributed by atoms with Gasteiger partial charge in [0.05, 0.1) is 87.1 Å². The van der Waals surface area contributed by atoms with Crippen molar-refractivity contribution in [3.63, 3.8) is 0 Å². The van der Waals surface area contributed by atoms with Crippen LogP contribution in [0.5, 0.6) is 0 Å². The summed E-state index contributed by atoms with van der Waals surface area (Å²) in [5.41, 5.74) is 5.76. The maximum atomic E-state index is 13.9. The summed E-state index contributed by atoms with van der Waals surface area (Å²) in [5, 5.41) is -0.509. The van der Waals surface area contributed by atoms with E-state index in [-0.39, 0.29) is 69.8 Å². The number of carbonyl (C=O) groups excluding carboxylic acids is 3. The van der Waals surface area contributed by atoms with Crippen LogP contribution in [0.3, 0.4) is 0 Å². The van der Waals surface area contributed by atoms with Crippen molar-refractivity contribution >= 4 is 107 Å². The van der Waals surface area contributed by atoms with Gasteiger partial charge in [-0.3, -0.25) is 39.3 Å². The fraction of sp³-hybridized carbons (Fsp3) is 0.500. The molecule has 0 radical (unpaired) electrons. The topological polar surface area (TPSA) is 176 Å². The highest BCUT2D eigenvalue weighted by atomic mass is 79.9. The van der Waals surface area contributed by atoms with E-state index >= 15 is 0 Å². The summed E-state index contributed by atoms with van der Waals surface area (Å²) in [5.74, 6) is -4.99. The Bertz CT molecular complexity index is 2570. The molecular weight excluding hydrogens is 1320 g/mol. The average Bonchev–Trinajstić information content (AvgIpc) is 3.40. The molecule has 454 valence electrons. The largest absolute Gasteiger partial charge is 0.460 e. The van der Waals surface area contributed by atoms with Gasteiger partial charge < -0.3 is 29.7 Å². The first-order chi connectivity index (χ1) is 37.8. The zero-order chi connectivity index (χ0) is 60.8. The Morgan fingerprint density at radius 1 is 0.500 bits per heavy atom. The molecule has 2 aliphatic heterocycles. The van der Waals surface area contributed by atoms with Crippen molar-refractivity contribution in [2.24, 2.45) is 17.8 Å². The van der Waals surface area contributed by atoms with Gasteiger partial charge in [0.15, 0.2) is 34.9 Å². The molecule has 82 heavy (non-hydrogen) atoms. The Kier molecular flexibility index (Phi) is 31.0. The highest BCUT2D eigenvalue weighted by Gasteiger charge is 2.32. The van der Waals surface area contributed by atoms with Gasteiger partial charge in [-0.1, -0.05) is 30.9 Å². The van der Waals surface area contributed by atoms with Crippen molar-refractivity contribution in [1.29, 1.82) is 0 Å². The van der Waals surface area contributed by atoms with E-state index in [0.29, 0.717) is 77.9 Å². The van der Waals surface area contributed by atoms with Crippen LogP contribution in [0.1, 0.15) is 120 Å². The number of rotatable bonds is 5. The van der Waals surface area contributed by atoms with Crippen LogP contribution in [0.25, 0.3) is 0 Å². The van der Waals surface area contributed by atoms with Crippen LogP contribution in [0.2, 0.25) is 5.02 Å². The first-order valence-electron chi connectivity index (χ1n) is 25.8. The van der Waals surface area contributed by atoms with Crippen LogP contribution in [-0.4, -0.2) is 85.8 Å². The van der Waals surface area contributed by atoms with E-state index in [1.54, 1.807) is 6.20 Å². The Morgan fingerprint density at radius 2 is 0.854 bits per heavy atom. The van der Waals surface area contributed by atoms with E-state index < -0.39 is 45.3 Å². The molecule has 1 aliphatic carbocycles. The molecule has 0 unspecified atom stereocenters. The number of hydrogen-bond donors (Lipinski definition) is 1. The van der Waals surface area contributed by atoms with E-state index in [1.165, 1.54) is 50.1 Å². The first kappa shape index (κ1) is 73.2. The number of aromatic nitrogens is 5. The number of hydrogen-bond acceptors (Lipinski definition) is 14. The monoisotopic (exact) mass is 1390 g/mol. The summed E-state index contributed by atoms with van der Waals surface area (Å²) in [6.45, 7) is 19.3. The Balaban J connectivity index is 0.000000350. The molecule has 5 aromatic rings. The number of nitrogen functional groups attached to an aromatic ring is 1. The maximum absolute atomic E-state index is 13.9. The van der Waals surface area contributed by atoms with Crippen molar-refractivity contribution in [1.82, 2.24) is 24.9 Å². The lowest BCUT2D eigenvalue weighted by Gasteiger charge is -2.34. The summed E-state index contributed by atoms with van der Waals surface area (Å²) in [6, 6.07) is 1.35. The normalized spacial score (nSPS) is 14.8. The van der Waals surface area contributed by atoms with Gasteiger partial charge in [0.1, 0.15) is 27.6 Å². The molecule has 0 amide bonds. The molecule has 26 heteroatoms. The Hall–Kier alpha value is -4.91. The molecule has 0 bridgehead atoms. The van der Waals surface area contributed by atoms with Gasteiger partial charge in [0, 0.05) is 49.2 Å². The van der Waals surface area contributed by atoms with Gasteiger partial charge in [-0.05, 0) is 155 Å². The number of piperidine rings is 2. The standard InChI is InChI=1S/C15H20BrFN2O2.C15H22FN3O2.C11H20O2.C5H2BrF2N.C5H3BrFN.C5H2ClF2N.ClH/c2*1-15(2,3)21-14(20)10-4-6-19(7-5-10)13-11(16)8-18-9-12(13)17;1-11(2,3)13-10(12)9-7-5-4-6-8-9;6-3-1-9-2-4(7)5(3)8;6-4-1-5(7)3-8-2-4;6-5-3(7)1-9-2-4(5)8;/h8-10H,4-7H2,1-3H3;8-10H,4-7,17H2,1-3H3;9H,4-8H2,1-3H3;1-2H;1-3H;1-2H;1H. The minimum Gasteiger partial charge on any atom is -0.460 e. The summed E-state index contributed by atoms with van der Waals surface area (Å²) in [4.78, 5) is 57.2. The minimum atomic E-state index is -0.940. The molecule has 2 N–H and O–H groups in total. The number of pyridine rings is 5. The molecule has 3 fully saturated rings. The van der Waals surface area contributed by atoms with Crippen LogP contribution in [0.4, 0.5) is 47.8 Å². The molecule has 0 aromatic carbocycles. The number of anilines is 3. The summed E-state index contributed by atoms with van der Waals surface area (Å²) < 4.78 is 106. The lowest BCUT2D eigenvalue weighted by atomic mass is 9.89. The van der Waals surface area contributed by atoms with E-state index in [4.69, 9.17) is 31.5 Å². The highest BCUT2D eigenvalue weighted by Crippen LogP contribution is 2.34. The quantitative estimate of drug-likeness (QED) is 0.0999. The lowest BCUT2D eigenvalue weighted by molar-refractivity contribution is -0.162. The second kappa shape index (κ2) is 34.8. The van der Waals surface area contributed by atoms with Crippen LogP contribution in [-0.2, 0) is 28.6 Å². The molecule has 3 aliphatic rings. The highest BCUT2D eigenvalue weighted by molar-refractivity contribution is 9.11. The third-order valence-electron chi connectivity index (χ3n) is 11.4. The molecule has 1 saturated carbocycles. The van der Waals surface area contributed by atoms with E-state index in [9.17, 15) is 45.1 Å². The molecule has 7 heterocycles. The number of nitrogens with zero attached hydrogens (tertiary/aromatic N) is 7. The Morgan fingerprint density at radius 3 is 1.21 bits per heavy atom. The second-order valence-electron chi connectivity index (χ2n) is 21.6. The van der Waals surface area contributed by atoms with Gasteiger partial charge >= 0.3 is 17.9 Å². The van der Waals surface area contributed by atoms with Gasteiger partial charge in [0.2, 0.25) is 0 Å². The predicted molar refractivity (Wildman–Crippen MR) is 315 cm³/mol. The average molecular weight is 1390 g/mol. The van der Waals surface area contributed by atoms with Gasteiger partial charge in [-0.25, -0.2) is 30.7 Å². The van der Waals surface area contributed by atoms with Crippen molar-refractivity contribution in [3.05, 3.63) is 127 Å². The first-order valence-corrected chi connectivity index (χ1v) is 28.5. The lowest BCUT2D eigenvalue weighted by Crippen LogP contribution is -2.39. The number of ether oxygens (including phenoxy) is 3.